The van der Waals surface area contributed by atoms with Crippen molar-refractivity contribution in [2.45, 2.75) is 63.8 Å². The highest BCUT2D eigenvalue weighted by molar-refractivity contribution is 6.91. The summed E-state index contributed by atoms with van der Waals surface area (Å²) in [5, 5.41) is 11.2. The smallest absolute Gasteiger partial charge is 0.0876 e. The van der Waals surface area contributed by atoms with Gasteiger partial charge in [-0.05, 0) is 18.4 Å². The highest BCUT2D eigenvalue weighted by Gasteiger charge is 2.37. The van der Waals surface area contributed by atoms with Crippen LogP contribution in [0.25, 0.3) is 0 Å². The number of benzene rings is 1. The molecule has 0 spiro atoms. The average Bonchev–Trinajstić information content (AvgIpc) is 2.49. The summed E-state index contributed by atoms with van der Waals surface area (Å²) in [5.74, 6) is 0.802. The monoisotopic (exact) mass is 302 g/mol. The molecule has 1 aliphatic carbocycles. The maximum Gasteiger partial charge on any atom is 0.0876 e. The van der Waals surface area contributed by atoms with Crippen LogP contribution in [0.1, 0.15) is 39.0 Å². The first-order chi connectivity index (χ1) is 10.0. The van der Waals surface area contributed by atoms with Gasteiger partial charge < -0.3 is 5.11 Å². The van der Waals surface area contributed by atoms with Crippen molar-refractivity contribution in [1.82, 2.24) is 0 Å². The lowest BCUT2D eigenvalue weighted by atomic mass is 9.86. The van der Waals surface area contributed by atoms with Crippen LogP contribution < -0.4 is 5.19 Å². The van der Waals surface area contributed by atoms with E-state index in [1.807, 2.05) is 13.0 Å². The topological polar surface area (TPSA) is 20.2 Å². The van der Waals surface area contributed by atoms with E-state index in [0.717, 1.165) is 5.92 Å². The molecule has 0 unspecified atom stereocenters. The van der Waals surface area contributed by atoms with Gasteiger partial charge in [0.25, 0.3) is 0 Å². The highest BCUT2D eigenvalue weighted by atomic mass is 28.3. The van der Waals surface area contributed by atoms with Gasteiger partial charge in [-0.3, -0.25) is 0 Å². The van der Waals surface area contributed by atoms with Gasteiger partial charge in [-0.1, -0.05) is 92.9 Å². The van der Waals surface area contributed by atoms with Crippen molar-refractivity contribution < 1.29 is 5.11 Å². The van der Waals surface area contributed by atoms with Crippen LogP contribution in [0.2, 0.25) is 18.6 Å². The zero-order valence-corrected chi connectivity index (χ0v) is 14.8. The van der Waals surface area contributed by atoms with E-state index in [4.69, 9.17) is 0 Å². The molecule has 0 amide bonds. The molecule has 21 heavy (non-hydrogen) atoms. The van der Waals surface area contributed by atoms with Crippen LogP contribution in [0.5, 0.6) is 0 Å². The fourth-order valence-electron chi connectivity index (χ4n) is 3.82. The number of aliphatic hydroxyl groups is 1. The lowest BCUT2D eigenvalue weighted by Gasteiger charge is -2.39. The molecule has 1 aromatic carbocycles. The molecule has 1 N–H and O–H groups in total. The molecule has 0 radical (unpaired) electrons. The summed E-state index contributed by atoms with van der Waals surface area (Å²) in [7, 11) is -1.56. The fraction of sp³-hybridized carbons (Fsp3) is 0.579. The van der Waals surface area contributed by atoms with Gasteiger partial charge in [0.1, 0.15) is 0 Å². The van der Waals surface area contributed by atoms with Crippen LogP contribution in [-0.2, 0) is 0 Å². The molecule has 1 aromatic rings. The number of hydrogen-bond donors (Lipinski definition) is 1. The van der Waals surface area contributed by atoms with Crippen molar-refractivity contribution in [2.75, 3.05) is 0 Å². The van der Waals surface area contributed by atoms with Gasteiger partial charge in [-0.2, -0.15) is 0 Å². The van der Waals surface area contributed by atoms with E-state index in [-0.39, 0.29) is 6.10 Å². The van der Waals surface area contributed by atoms with Crippen LogP contribution in [0, 0.1) is 5.92 Å². The highest BCUT2D eigenvalue weighted by Crippen LogP contribution is 2.40. The Labute approximate surface area is 131 Å². The summed E-state index contributed by atoms with van der Waals surface area (Å²) in [4.78, 5) is 0. The Morgan fingerprint density at radius 1 is 1.05 bits per heavy atom. The van der Waals surface area contributed by atoms with Crippen LogP contribution in [0.3, 0.4) is 0 Å². The third kappa shape index (κ3) is 4.30. The standard InChI is InChI=1S/C19H30OSi/c1-16(20)14-15-19(17-10-6-4-7-11-17)21(2,3)18-12-8-5-9-13-18/h5,8-9,12-17,19-20H,4,6-7,10-11H2,1-3H3/b15-14-/t16-,19+/m0/s1. The van der Waals surface area contributed by atoms with Crippen LogP contribution in [0.15, 0.2) is 42.5 Å². The van der Waals surface area contributed by atoms with E-state index < -0.39 is 8.07 Å². The molecule has 0 aliphatic heterocycles. The molecule has 1 fully saturated rings. The molecule has 0 heterocycles. The SMILES string of the molecule is C[C@H](O)/C=C\[C@H](C1CCCCC1)[Si](C)(C)c1ccccc1. The van der Waals surface area contributed by atoms with Crippen LogP contribution in [0.4, 0.5) is 0 Å². The minimum Gasteiger partial charge on any atom is -0.389 e. The average molecular weight is 303 g/mol. The van der Waals surface area contributed by atoms with Gasteiger partial charge in [0.2, 0.25) is 0 Å². The number of rotatable bonds is 5. The third-order valence-corrected chi connectivity index (χ3v) is 9.26. The van der Waals surface area contributed by atoms with E-state index in [1.165, 1.54) is 37.3 Å². The molecule has 1 nitrogen and oxygen atoms in total. The molecule has 2 rings (SSSR count). The Morgan fingerprint density at radius 2 is 1.67 bits per heavy atom. The van der Waals surface area contributed by atoms with Crippen molar-refractivity contribution in [3.8, 4) is 0 Å². The number of hydrogen-bond acceptors (Lipinski definition) is 1. The summed E-state index contributed by atoms with van der Waals surface area (Å²) >= 11 is 0. The van der Waals surface area contributed by atoms with Crippen molar-refractivity contribution in [3.63, 3.8) is 0 Å². The van der Waals surface area contributed by atoms with E-state index in [0.29, 0.717) is 5.54 Å². The van der Waals surface area contributed by atoms with E-state index in [2.05, 4.69) is 49.5 Å². The molecule has 0 bridgehead atoms. The lowest BCUT2D eigenvalue weighted by molar-refractivity contribution is 0.243. The second-order valence-corrected chi connectivity index (χ2v) is 11.8. The van der Waals surface area contributed by atoms with E-state index >= 15 is 0 Å². The Bertz CT molecular complexity index is 444. The Kier molecular flexibility index (Phi) is 5.83. The Hall–Kier alpha value is -0.863. The predicted octanol–water partition coefficient (Wildman–Crippen LogP) is 4.49. The van der Waals surface area contributed by atoms with E-state index in [9.17, 15) is 5.11 Å². The largest absolute Gasteiger partial charge is 0.389 e. The molecule has 0 saturated heterocycles. The first-order valence-corrected chi connectivity index (χ1v) is 11.5. The maximum absolute atomic E-state index is 9.66. The van der Waals surface area contributed by atoms with Crippen molar-refractivity contribution >= 4 is 13.3 Å². The van der Waals surface area contributed by atoms with Crippen LogP contribution in [-0.4, -0.2) is 19.3 Å². The predicted molar refractivity (Wildman–Crippen MR) is 94.7 cm³/mol. The number of allylic oxidation sites excluding steroid dienone is 1. The zero-order chi connectivity index (χ0) is 15.3. The summed E-state index contributed by atoms with van der Waals surface area (Å²) in [5.41, 5.74) is 0.634. The van der Waals surface area contributed by atoms with Gasteiger partial charge in [-0.25, -0.2) is 0 Å². The van der Waals surface area contributed by atoms with Crippen LogP contribution >= 0.6 is 0 Å². The zero-order valence-electron chi connectivity index (χ0n) is 13.8. The Balaban J connectivity index is 2.28. The van der Waals surface area contributed by atoms with Gasteiger partial charge in [0.15, 0.2) is 0 Å². The van der Waals surface area contributed by atoms with Crippen molar-refractivity contribution in [2.24, 2.45) is 5.92 Å². The second-order valence-electron chi connectivity index (χ2n) is 7.14. The summed E-state index contributed by atoms with van der Waals surface area (Å²) in [6, 6.07) is 11.0. The molecule has 2 heteroatoms. The lowest BCUT2D eigenvalue weighted by Crippen LogP contribution is -2.48. The first-order valence-electron chi connectivity index (χ1n) is 8.43. The molecule has 0 aromatic heterocycles. The second kappa shape index (κ2) is 7.41. The molecule has 1 aliphatic rings. The third-order valence-electron chi connectivity index (χ3n) is 5.11. The minimum absolute atomic E-state index is 0.336. The maximum atomic E-state index is 9.66. The first kappa shape index (κ1) is 16.5. The van der Waals surface area contributed by atoms with Gasteiger partial charge >= 0.3 is 0 Å². The van der Waals surface area contributed by atoms with Crippen molar-refractivity contribution in [1.29, 1.82) is 0 Å². The summed E-state index contributed by atoms with van der Waals surface area (Å²) in [6.07, 6.45) is 10.9. The fourth-order valence-corrected chi connectivity index (χ4v) is 7.36. The molecular weight excluding hydrogens is 272 g/mol. The van der Waals surface area contributed by atoms with E-state index in [1.54, 1.807) is 0 Å². The Morgan fingerprint density at radius 3 is 2.24 bits per heavy atom. The molecule has 116 valence electrons. The quantitative estimate of drug-likeness (QED) is 0.627. The minimum atomic E-state index is -1.56. The molecule has 2 atom stereocenters. The summed E-state index contributed by atoms with van der Waals surface area (Å²) < 4.78 is 0. The number of aliphatic hydroxyl groups excluding tert-OH is 1. The molecular formula is C19H30OSi. The normalized spacial score (nSPS) is 20.6. The van der Waals surface area contributed by atoms with Crippen molar-refractivity contribution in [3.05, 3.63) is 42.5 Å². The summed E-state index contributed by atoms with van der Waals surface area (Å²) in [6.45, 7) is 6.84. The van der Waals surface area contributed by atoms with Gasteiger partial charge in [0, 0.05) is 0 Å². The molecule has 1 saturated carbocycles. The van der Waals surface area contributed by atoms with Gasteiger partial charge in [0.05, 0.1) is 14.2 Å². The van der Waals surface area contributed by atoms with Gasteiger partial charge in [-0.15, -0.1) is 0 Å².